The number of amides is 2. The smallest absolute Gasteiger partial charge is 0.258 e. The van der Waals surface area contributed by atoms with E-state index in [4.69, 9.17) is 5.26 Å². The molecular formula is C19H18FN3O2. The maximum Gasteiger partial charge on any atom is 0.258 e. The van der Waals surface area contributed by atoms with Crippen LogP contribution in [0.3, 0.4) is 0 Å². The number of nitrogens with one attached hydrogen (secondary N) is 1. The molecule has 2 amide bonds. The molecule has 2 aromatic carbocycles. The van der Waals surface area contributed by atoms with Crippen LogP contribution in [0, 0.1) is 17.1 Å². The highest BCUT2D eigenvalue weighted by Gasteiger charge is 2.17. The van der Waals surface area contributed by atoms with Crippen molar-refractivity contribution in [2.75, 3.05) is 11.4 Å². The van der Waals surface area contributed by atoms with E-state index < -0.39 is 5.82 Å². The van der Waals surface area contributed by atoms with Crippen LogP contribution in [0.25, 0.3) is 0 Å². The number of hydrogen-bond donors (Lipinski definition) is 1. The molecule has 0 saturated carbocycles. The number of benzene rings is 2. The van der Waals surface area contributed by atoms with Gasteiger partial charge in [0.2, 0.25) is 5.91 Å². The molecule has 0 aliphatic rings. The molecule has 0 unspecified atom stereocenters. The van der Waals surface area contributed by atoms with Gasteiger partial charge in [0, 0.05) is 31.3 Å². The van der Waals surface area contributed by atoms with Gasteiger partial charge in [0.1, 0.15) is 5.82 Å². The highest BCUT2D eigenvalue weighted by molar-refractivity contribution is 6.06. The van der Waals surface area contributed by atoms with Gasteiger partial charge in [-0.1, -0.05) is 12.1 Å². The topological polar surface area (TPSA) is 73.2 Å². The van der Waals surface area contributed by atoms with Crippen molar-refractivity contribution in [1.29, 1.82) is 5.26 Å². The molecule has 128 valence electrons. The summed E-state index contributed by atoms with van der Waals surface area (Å²) in [4.78, 5) is 25.2. The Hall–Kier alpha value is -3.20. The summed E-state index contributed by atoms with van der Waals surface area (Å²) >= 11 is 0. The largest absolute Gasteiger partial charge is 0.352 e. The highest BCUT2D eigenvalue weighted by atomic mass is 19.1. The molecule has 0 bridgehead atoms. The zero-order valence-electron chi connectivity index (χ0n) is 13.8. The van der Waals surface area contributed by atoms with E-state index in [2.05, 4.69) is 5.32 Å². The summed E-state index contributed by atoms with van der Waals surface area (Å²) in [6, 6.07) is 14.4. The van der Waals surface area contributed by atoms with E-state index in [1.54, 1.807) is 24.3 Å². The molecule has 0 aliphatic heterocycles. The predicted octanol–water partition coefficient (Wildman–Crippen LogP) is 3.02. The van der Waals surface area contributed by atoms with Crippen LogP contribution in [-0.2, 0) is 11.3 Å². The summed E-state index contributed by atoms with van der Waals surface area (Å²) in [6.07, 6.45) is 0.170. The highest BCUT2D eigenvalue weighted by Crippen LogP contribution is 2.19. The van der Waals surface area contributed by atoms with Crippen molar-refractivity contribution >= 4 is 17.5 Å². The van der Waals surface area contributed by atoms with Crippen molar-refractivity contribution in [3.63, 3.8) is 0 Å². The molecule has 0 aliphatic carbocycles. The summed E-state index contributed by atoms with van der Waals surface area (Å²) in [5, 5.41) is 11.5. The lowest BCUT2D eigenvalue weighted by molar-refractivity contribution is -0.119. The van der Waals surface area contributed by atoms with Crippen molar-refractivity contribution in [2.24, 2.45) is 0 Å². The molecule has 0 radical (unpaired) electrons. The van der Waals surface area contributed by atoms with Crippen molar-refractivity contribution in [3.8, 4) is 6.07 Å². The first-order chi connectivity index (χ1) is 12.0. The Morgan fingerprint density at radius 2 is 1.76 bits per heavy atom. The van der Waals surface area contributed by atoms with Gasteiger partial charge in [-0.2, -0.15) is 5.26 Å². The maximum atomic E-state index is 13.1. The van der Waals surface area contributed by atoms with Gasteiger partial charge >= 0.3 is 0 Å². The third kappa shape index (κ3) is 5.15. The molecule has 0 fully saturated rings. The van der Waals surface area contributed by atoms with Gasteiger partial charge in [0.05, 0.1) is 12.5 Å². The Bertz CT molecular complexity index is 780. The van der Waals surface area contributed by atoms with Gasteiger partial charge in [-0.15, -0.1) is 0 Å². The fourth-order valence-electron chi connectivity index (χ4n) is 2.28. The van der Waals surface area contributed by atoms with Crippen LogP contribution < -0.4 is 10.2 Å². The van der Waals surface area contributed by atoms with Crippen LogP contribution in [-0.4, -0.2) is 18.4 Å². The average Bonchev–Trinajstić information content (AvgIpc) is 2.62. The molecule has 0 spiro atoms. The third-order valence-electron chi connectivity index (χ3n) is 3.57. The van der Waals surface area contributed by atoms with Crippen LogP contribution >= 0.6 is 0 Å². The average molecular weight is 339 g/mol. The molecule has 6 heteroatoms. The number of nitriles is 1. The van der Waals surface area contributed by atoms with Crippen LogP contribution in [0.4, 0.5) is 10.1 Å². The summed E-state index contributed by atoms with van der Waals surface area (Å²) < 4.78 is 13.1. The Kier molecular flexibility index (Phi) is 6.24. The van der Waals surface area contributed by atoms with E-state index in [0.717, 1.165) is 5.56 Å². The standard InChI is InChI=1S/C19H18FN3O2/c1-14(24)22-13-15-3-5-16(6-4-15)19(25)23(12-2-11-21)18-9-7-17(20)8-10-18/h3-10H,2,12-13H2,1H3,(H,22,24). The van der Waals surface area contributed by atoms with Crippen molar-refractivity contribution in [1.82, 2.24) is 5.32 Å². The van der Waals surface area contributed by atoms with Crippen molar-refractivity contribution < 1.29 is 14.0 Å². The fourth-order valence-corrected chi connectivity index (χ4v) is 2.28. The quantitative estimate of drug-likeness (QED) is 0.879. The minimum atomic E-state index is -0.390. The third-order valence-corrected chi connectivity index (χ3v) is 3.57. The maximum absolute atomic E-state index is 13.1. The number of nitrogens with zero attached hydrogens (tertiary/aromatic N) is 2. The molecule has 0 saturated heterocycles. The number of rotatable bonds is 6. The van der Waals surface area contributed by atoms with E-state index in [1.807, 2.05) is 6.07 Å². The first-order valence-corrected chi connectivity index (χ1v) is 7.79. The fraction of sp³-hybridized carbons (Fsp3) is 0.211. The molecule has 1 N–H and O–H groups in total. The zero-order valence-corrected chi connectivity index (χ0v) is 13.8. The van der Waals surface area contributed by atoms with E-state index >= 15 is 0 Å². The van der Waals surface area contributed by atoms with Crippen molar-refractivity contribution in [2.45, 2.75) is 19.9 Å². The number of hydrogen-bond acceptors (Lipinski definition) is 3. The second-order valence-electron chi connectivity index (χ2n) is 5.45. The lowest BCUT2D eigenvalue weighted by atomic mass is 10.1. The summed E-state index contributed by atoms with van der Waals surface area (Å²) in [6.45, 7) is 2.04. The second-order valence-corrected chi connectivity index (χ2v) is 5.45. The Morgan fingerprint density at radius 3 is 2.32 bits per heavy atom. The van der Waals surface area contributed by atoms with Crippen LogP contribution in [0.2, 0.25) is 0 Å². The summed E-state index contributed by atoms with van der Waals surface area (Å²) in [7, 11) is 0. The Balaban J connectivity index is 2.19. The van der Waals surface area contributed by atoms with Crippen LogP contribution in [0.5, 0.6) is 0 Å². The minimum Gasteiger partial charge on any atom is -0.352 e. The number of carbonyl (C=O) groups excluding carboxylic acids is 2. The normalized spacial score (nSPS) is 9.96. The Morgan fingerprint density at radius 1 is 1.12 bits per heavy atom. The van der Waals surface area contributed by atoms with Gasteiger partial charge in [0.15, 0.2) is 0 Å². The van der Waals surface area contributed by atoms with E-state index in [-0.39, 0.29) is 24.8 Å². The van der Waals surface area contributed by atoms with Crippen LogP contribution in [0.15, 0.2) is 48.5 Å². The van der Waals surface area contributed by atoms with Crippen molar-refractivity contribution in [3.05, 3.63) is 65.5 Å². The van der Waals surface area contributed by atoms with Gasteiger partial charge in [0.25, 0.3) is 5.91 Å². The molecule has 0 atom stereocenters. The Labute approximate surface area is 145 Å². The van der Waals surface area contributed by atoms with E-state index in [9.17, 15) is 14.0 Å². The van der Waals surface area contributed by atoms with E-state index in [0.29, 0.717) is 17.8 Å². The first-order valence-electron chi connectivity index (χ1n) is 7.79. The molecule has 2 aromatic rings. The predicted molar refractivity (Wildman–Crippen MR) is 92.3 cm³/mol. The SMILES string of the molecule is CC(=O)NCc1ccc(C(=O)N(CCC#N)c2ccc(F)cc2)cc1. The molecular weight excluding hydrogens is 321 g/mol. The van der Waals surface area contributed by atoms with E-state index in [1.165, 1.54) is 36.1 Å². The van der Waals surface area contributed by atoms with Gasteiger partial charge < -0.3 is 10.2 Å². The molecule has 5 nitrogen and oxygen atoms in total. The summed E-state index contributed by atoms with van der Waals surface area (Å²) in [5.41, 5.74) is 1.86. The molecule has 0 aromatic heterocycles. The zero-order chi connectivity index (χ0) is 18.2. The molecule has 25 heavy (non-hydrogen) atoms. The van der Waals surface area contributed by atoms with Gasteiger partial charge in [-0.3, -0.25) is 9.59 Å². The summed E-state index contributed by atoms with van der Waals surface area (Å²) in [5.74, 6) is -0.786. The first kappa shape index (κ1) is 18.1. The minimum absolute atomic E-state index is 0.126. The number of anilines is 1. The second kappa shape index (κ2) is 8.60. The van der Waals surface area contributed by atoms with Crippen LogP contribution in [0.1, 0.15) is 29.3 Å². The number of carbonyl (C=O) groups is 2. The van der Waals surface area contributed by atoms with Gasteiger partial charge in [-0.25, -0.2) is 4.39 Å². The number of halogens is 1. The monoisotopic (exact) mass is 339 g/mol. The molecule has 2 rings (SSSR count). The lowest BCUT2D eigenvalue weighted by Crippen LogP contribution is -2.31. The molecule has 0 heterocycles. The van der Waals surface area contributed by atoms with Gasteiger partial charge in [-0.05, 0) is 42.0 Å². The lowest BCUT2D eigenvalue weighted by Gasteiger charge is -2.22.